The predicted octanol–water partition coefficient (Wildman–Crippen LogP) is 4.80. The Kier molecular flexibility index (Phi) is 5.44. The Labute approximate surface area is 176 Å². The molecule has 1 heterocycles. The van der Waals surface area contributed by atoms with Gasteiger partial charge in [-0.15, -0.1) is 0 Å². The van der Waals surface area contributed by atoms with Crippen molar-refractivity contribution < 1.29 is 9.59 Å². The third-order valence-electron chi connectivity index (χ3n) is 5.11. The van der Waals surface area contributed by atoms with Crippen LogP contribution in [-0.4, -0.2) is 24.1 Å². The van der Waals surface area contributed by atoms with Crippen LogP contribution in [0.1, 0.15) is 23.1 Å². The molecule has 1 aliphatic rings. The summed E-state index contributed by atoms with van der Waals surface area (Å²) in [7, 11) is 0. The molecule has 0 fully saturated rings. The fourth-order valence-corrected chi connectivity index (χ4v) is 3.59. The van der Waals surface area contributed by atoms with Gasteiger partial charge in [-0.2, -0.15) is 0 Å². The summed E-state index contributed by atoms with van der Waals surface area (Å²) in [4.78, 5) is 32.2. The number of aliphatic imine (C=N–C) groups is 1. The first-order valence-corrected chi connectivity index (χ1v) is 9.91. The summed E-state index contributed by atoms with van der Waals surface area (Å²) in [5.41, 5.74) is 5.90. The average molecular weight is 397 g/mol. The molecule has 0 unspecified atom stereocenters. The highest BCUT2D eigenvalue weighted by Gasteiger charge is 2.27. The first-order valence-electron chi connectivity index (χ1n) is 9.91. The first-order chi connectivity index (χ1) is 14.5. The van der Waals surface area contributed by atoms with Gasteiger partial charge in [0.05, 0.1) is 23.5 Å². The zero-order valence-corrected chi connectivity index (χ0v) is 17.1. The molecule has 1 N–H and O–H groups in total. The van der Waals surface area contributed by atoms with Gasteiger partial charge < -0.3 is 10.2 Å². The van der Waals surface area contributed by atoms with E-state index >= 15 is 0 Å². The highest BCUT2D eigenvalue weighted by molar-refractivity contribution is 6.19. The fraction of sp³-hybridized carbons (Fsp3) is 0.160. The number of para-hydroxylation sites is 3. The second-order valence-corrected chi connectivity index (χ2v) is 7.44. The van der Waals surface area contributed by atoms with Gasteiger partial charge >= 0.3 is 0 Å². The van der Waals surface area contributed by atoms with Crippen molar-refractivity contribution in [2.24, 2.45) is 4.99 Å². The molecule has 30 heavy (non-hydrogen) atoms. The predicted molar refractivity (Wildman–Crippen MR) is 121 cm³/mol. The van der Waals surface area contributed by atoms with Crippen molar-refractivity contribution in [1.29, 1.82) is 0 Å². The van der Waals surface area contributed by atoms with Gasteiger partial charge in [0, 0.05) is 5.69 Å². The van der Waals surface area contributed by atoms with Crippen molar-refractivity contribution >= 4 is 34.6 Å². The minimum atomic E-state index is -0.250. The molecule has 0 saturated heterocycles. The molecule has 0 aromatic heterocycles. The summed E-state index contributed by atoms with van der Waals surface area (Å²) in [5.74, 6) is -0.401. The van der Waals surface area contributed by atoms with Gasteiger partial charge in [0.1, 0.15) is 6.54 Å². The minimum absolute atomic E-state index is 0.0691. The monoisotopic (exact) mass is 397 g/mol. The zero-order chi connectivity index (χ0) is 21.1. The van der Waals surface area contributed by atoms with E-state index in [0.717, 1.165) is 22.4 Å². The molecule has 0 radical (unpaired) electrons. The Balaban J connectivity index is 1.65. The molecular weight excluding hydrogens is 374 g/mol. The molecule has 0 spiro atoms. The topological polar surface area (TPSA) is 61.8 Å². The van der Waals surface area contributed by atoms with E-state index in [2.05, 4.69) is 11.4 Å². The van der Waals surface area contributed by atoms with Gasteiger partial charge in [0.25, 0.3) is 0 Å². The number of carbonyl (C=O) groups excluding carboxylic acids is 2. The molecule has 3 aromatic rings. The van der Waals surface area contributed by atoms with Gasteiger partial charge in [0.15, 0.2) is 0 Å². The number of fused-ring (bicyclic) bond motifs is 1. The SMILES string of the molecule is Cc1ccc(C)c(C2=Nc3ccccc3N(CC(=O)Nc3ccccc3)C(=O)C2)c1. The molecule has 0 aliphatic carbocycles. The van der Waals surface area contributed by atoms with Gasteiger partial charge in [0.2, 0.25) is 11.8 Å². The van der Waals surface area contributed by atoms with E-state index in [9.17, 15) is 9.59 Å². The van der Waals surface area contributed by atoms with E-state index in [-0.39, 0.29) is 24.8 Å². The van der Waals surface area contributed by atoms with Crippen molar-refractivity contribution in [3.63, 3.8) is 0 Å². The van der Waals surface area contributed by atoms with Crippen molar-refractivity contribution in [2.45, 2.75) is 20.3 Å². The lowest BCUT2D eigenvalue weighted by Crippen LogP contribution is -2.38. The number of nitrogens with one attached hydrogen (secondary N) is 1. The van der Waals surface area contributed by atoms with Crippen molar-refractivity contribution in [3.05, 3.63) is 89.5 Å². The van der Waals surface area contributed by atoms with E-state index in [1.165, 1.54) is 4.90 Å². The molecular formula is C25H23N3O2. The first kappa shape index (κ1) is 19.6. The van der Waals surface area contributed by atoms with Gasteiger partial charge in [-0.3, -0.25) is 14.6 Å². The number of benzene rings is 3. The zero-order valence-electron chi connectivity index (χ0n) is 17.1. The highest BCUT2D eigenvalue weighted by atomic mass is 16.2. The number of anilines is 2. The second-order valence-electron chi connectivity index (χ2n) is 7.44. The average Bonchev–Trinajstić information content (AvgIpc) is 2.87. The molecule has 2 amide bonds. The van der Waals surface area contributed by atoms with Crippen LogP contribution < -0.4 is 10.2 Å². The summed E-state index contributed by atoms with van der Waals surface area (Å²) in [6.07, 6.45) is 0.136. The number of amides is 2. The fourth-order valence-electron chi connectivity index (χ4n) is 3.59. The molecule has 0 bridgehead atoms. The molecule has 1 aliphatic heterocycles. The van der Waals surface area contributed by atoms with Crippen LogP contribution in [0.15, 0.2) is 77.8 Å². The van der Waals surface area contributed by atoms with Gasteiger partial charge in [-0.25, -0.2) is 0 Å². The van der Waals surface area contributed by atoms with Crippen molar-refractivity contribution in [1.82, 2.24) is 0 Å². The van der Waals surface area contributed by atoms with Crippen molar-refractivity contribution in [2.75, 3.05) is 16.8 Å². The summed E-state index contributed by atoms with van der Waals surface area (Å²) in [5, 5.41) is 2.85. The number of nitrogens with zero attached hydrogens (tertiary/aromatic N) is 2. The third-order valence-corrected chi connectivity index (χ3v) is 5.11. The van der Waals surface area contributed by atoms with Gasteiger partial charge in [-0.1, -0.05) is 48.0 Å². The summed E-state index contributed by atoms with van der Waals surface area (Å²) >= 11 is 0. The number of carbonyl (C=O) groups is 2. The number of aryl methyl sites for hydroxylation is 2. The van der Waals surface area contributed by atoms with Crippen molar-refractivity contribution in [3.8, 4) is 0 Å². The lowest BCUT2D eigenvalue weighted by Gasteiger charge is -2.22. The van der Waals surface area contributed by atoms with E-state index in [1.807, 2.05) is 80.6 Å². The maximum atomic E-state index is 13.2. The lowest BCUT2D eigenvalue weighted by molar-refractivity contribution is -0.120. The van der Waals surface area contributed by atoms with Crippen LogP contribution >= 0.6 is 0 Å². The summed E-state index contributed by atoms with van der Waals surface area (Å²) < 4.78 is 0. The maximum Gasteiger partial charge on any atom is 0.244 e. The van der Waals surface area contributed by atoms with E-state index in [4.69, 9.17) is 4.99 Å². The number of hydrogen-bond acceptors (Lipinski definition) is 3. The molecule has 4 rings (SSSR count). The Morgan fingerprint density at radius 1 is 1.00 bits per heavy atom. The van der Waals surface area contributed by atoms with Crippen LogP contribution in [0.5, 0.6) is 0 Å². The third kappa shape index (κ3) is 4.15. The van der Waals surface area contributed by atoms with E-state index in [0.29, 0.717) is 17.1 Å². The van der Waals surface area contributed by atoms with Crippen LogP contribution in [-0.2, 0) is 9.59 Å². The smallest absolute Gasteiger partial charge is 0.244 e. The molecule has 0 atom stereocenters. The Hall–Kier alpha value is -3.73. The molecule has 5 heteroatoms. The van der Waals surface area contributed by atoms with Crippen LogP contribution in [0.2, 0.25) is 0 Å². The quantitative estimate of drug-likeness (QED) is 0.687. The molecule has 150 valence electrons. The molecule has 0 saturated carbocycles. The van der Waals surface area contributed by atoms with Crippen LogP contribution in [0.25, 0.3) is 0 Å². The molecule has 3 aromatic carbocycles. The van der Waals surface area contributed by atoms with E-state index < -0.39 is 0 Å². The van der Waals surface area contributed by atoms with Crippen LogP contribution in [0, 0.1) is 13.8 Å². The van der Waals surface area contributed by atoms with Gasteiger partial charge in [-0.05, 0) is 55.3 Å². The maximum absolute atomic E-state index is 13.2. The minimum Gasteiger partial charge on any atom is -0.325 e. The van der Waals surface area contributed by atoms with E-state index in [1.54, 1.807) is 0 Å². The number of hydrogen-bond donors (Lipinski definition) is 1. The largest absolute Gasteiger partial charge is 0.325 e. The highest BCUT2D eigenvalue weighted by Crippen LogP contribution is 2.33. The summed E-state index contributed by atoms with van der Waals surface area (Å²) in [6, 6.07) is 22.8. The Morgan fingerprint density at radius 2 is 1.73 bits per heavy atom. The normalized spacial score (nSPS) is 13.3. The van der Waals surface area contributed by atoms with Crippen LogP contribution in [0.3, 0.4) is 0 Å². The Morgan fingerprint density at radius 3 is 2.53 bits per heavy atom. The second kappa shape index (κ2) is 8.33. The lowest BCUT2D eigenvalue weighted by atomic mass is 9.99. The Bertz CT molecular complexity index is 1140. The summed E-state index contributed by atoms with van der Waals surface area (Å²) in [6.45, 7) is 3.97. The molecule has 5 nitrogen and oxygen atoms in total. The van der Waals surface area contributed by atoms with Crippen LogP contribution in [0.4, 0.5) is 17.1 Å². The standard InChI is InChI=1S/C25H23N3O2/c1-17-12-13-18(2)20(14-17)22-15-25(30)28(23-11-7-6-10-21(23)27-22)16-24(29)26-19-8-4-3-5-9-19/h3-14H,15-16H2,1-2H3,(H,26,29). The number of rotatable bonds is 4.